The van der Waals surface area contributed by atoms with Crippen molar-refractivity contribution in [3.63, 3.8) is 0 Å². The predicted molar refractivity (Wildman–Crippen MR) is 99.6 cm³/mol. The molecule has 0 saturated carbocycles. The smallest absolute Gasteiger partial charge is 0.111 e. The lowest BCUT2D eigenvalue weighted by Gasteiger charge is -2.10. The molecule has 8 heteroatoms. The molecule has 26 heavy (non-hydrogen) atoms. The standard InChI is InChI=1S/C18H37NO7/c1-4-20-7-8-22-11-12-24-15-16-26-18-17-25-14-13-23-10-9-21-6-5-19(2)3/h4H,1,5-18H2,2-3H3. The van der Waals surface area contributed by atoms with Gasteiger partial charge in [0, 0.05) is 6.54 Å². The quantitative estimate of drug-likeness (QED) is 0.202. The SMILES string of the molecule is C=COCCOCCOCCOCCOCCOCCOCCN(C)C. The number of likely N-dealkylation sites (N-methyl/N-ethyl adjacent to an activating group) is 1. The van der Waals surface area contributed by atoms with Crippen LogP contribution in [0.1, 0.15) is 0 Å². The van der Waals surface area contributed by atoms with Crippen LogP contribution in [0.5, 0.6) is 0 Å². The van der Waals surface area contributed by atoms with Crippen molar-refractivity contribution in [2.24, 2.45) is 0 Å². The number of nitrogens with zero attached hydrogens (tertiary/aromatic N) is 1. The Hall–Kier alpha value is -0.740. The summed E-state index contributed by atoms with van der Waals surface area (Å²) in [6, 6.07) is 0. The van der Waals surface area contributed by atoms with Crippen molar-refractivity contribution >= 4 is 0 Å². The highest BCUT2D eigenvalue weighted by molar-refractivity contribution is 4.47. The molecule has 0 heterocycles. The minimum absolute atomic E-state index is 0.516. The van der Waals surface area contributed by atoms with Crippen LogP contribution < -0.4 is 0 Å². The van der Waals surface area contributed by atoms with Crippen molar-refractivity contribution in [2.45, 2.75) is 0 Å². The average molecular weight is 379 g/mol. The second kappa shape index (κ2) is 22.3. The van der Waals surface area contributed by atoms with Gasteiger partial charge in [-0.15, -0.1) is 0 Å². The van der Waals surface area contributed by atoms with Crippen LogP contribution in [0.4, 0.5) is 0 Å². The van der Waals surface area contributed by atoms with Gasteiger partial charge in [0.15, 0.2) is 0 Å². The molecule has 0 N–H and O–H groups in total. The van der Waals surface area contributed by atoms with Gasteiger partial charge in [0.1, 0.15) is 6.61 Å². The summed E-state index contributed by atoms with van der Waals surface area (Å²) in [6.45, 7) is 11.8. The average Bonchev–Trinajstić information content (AvgIpc) is 2.62. The molecule has 0 spiro atoms. The molecule has 0 bridgehead atoms. The Balaban J connectivity index is 2.98. The Labute approximate surface area is 158 Å². The Bertz CT molecular complexity index is 280. The lowest BCUT2D eigenvalue weighted by Crippen LogP contribution is -2.19. The molecule has 0 saturated heterocycles. The van der Waals surface area contributed by atoms with Crippen molar-refractivity contribution in [1.29, 1.82) is 0 Å². The summed E-state index contributed by atoms with van der Waals surface area (Å²) in [4.78, 5) is 2.08. The van der Waals surface area contributed by atoms with Gasteiger partial charge < -0.3 is 38.1 Å². The first-order chi connectivity index (χ1) is 12.8. The number of ether oxygens (including phenoxy) is 7. The van der Waals surface area contributed by atoms with E-state index in [0.29, 0.717) is 79.3 Å². The third-order valence-corrected chi connectivity index (χ3v) is 3.01. The topological polar surface area (TPSA) is 67.9 Å². The van der Waals surface area contributed by atoms with Gasteiger partial charge in [-0.05, 0) is 14.1 Å². The minimum atomic E-state index is 0.516. The third-order valence-electron chi connectivity index (χ3n) is 3.01. The third kappa shape index (κ3) is 23.3. The van der Waals surface area contributed by atoms with E-state index < -0.39 is 0 Å². The fourth-order valence-corrected chi connectivity index (χ4v) is 1.64. The van der Waals surface area contributed by atoms with Gasteiger partial charge in [-0.1, -0.05) is 6.58 Å². The number of rotatable bonds is 22. The molecular weight excluding hydrogens is 342 g/mol. The van der Waals surface area contributed by atoms with Crippen LogP contribution in [-0.4, -0.2) is 111 Å². The summed E-state index contributed by atoms with van der Waals surface area (Å²) in [5.74, 6) is 0. The van der Waals surface area contributed by atoms with Crippen molar-refractivity contribution < 1.29 is 33.2 Å². The van der Waals surface area contributed by atoms with E-state index >= 15 is 0 Å². The van der Waals surface area contributed by atoms with Crippen LogP contribution in [0, 0.1) is 0 Å². The lowest BCUT2D eigenvalue weighted by molar-refractivity contribution is -0.0187. The van der Waals surface area contributed by atoms with Crippen LogP contribution in [0.25, 0.3) is 0 Å². The summed E-state index contributed by atoms with van der Waals surface area (Å²) in [6.07, 6.45) is 1.40. The maximum atomic E-state index is 5.42. The van der Waals surface area contributed by atoms with Crippen molar-refractivity contribution in [2.75, 3.05) is 107 Å². The summed E-state index contributed by atoms with van der Waals surface area (Å²) < 4.78 is 37.2. The molecule has 0 aromatic carbocycles. The predicted octanol–water partition coefficient (Wildman–Crippen LogP) is 0.808. The molecule has 0 unspecified atom stereocenters. The zero-order valence-corrected chi connectivity index (χ0v) is 16.5. The van der Waals surface area contributed by atoms with Crippen molar-refractivity contribution in [1.82, 2.24) is 4.90 Å². The first-order valence-corrected chi connectivity index (χ1v) is 9.11. The van der Waals surface area contributed by atoms with E-state index in [9.17, 15) is 0 Å². The van der Waals surface area contributed by atoms with E-state index in [1.165, 1.54) is 6.26 Å². The van der Waals surface area contributed by atoms with Gasteiger partial charge in [0.25, 0.3) is 0 Å². The molecule has 0 aromatic heterocycles. The highest BCUT2D eigenvalue weighted by atomic mass is 16.6. The second-order valence-corrected chi connectivity index (χ2v) is 5.51. The van der Waals surface area contributed by atoms with Gasteiger partial charge in [-0.3, -0.25) is 0 Å². The molecule has 156 valence electrons. The zero-order valence-electron chi connectivity index (χ0n) is 16.5. The van der Waals surface area contributed by atoms with Crippen LogP contribution in [0.15, 0.2) is 12.8 Å². The van der Waals surface area contributed by atoms with Crippen LogP contribution in [0.2, 0.25) is 0 Å². The van der Waals surface area contributed by atoms with Crippen LogP contribution in [0.3, 0.4) is 0 Å². The fraction of sp³-hybridized carbons (Fsp3) is 0.889. The molecular formula is C18H37NO7. The molecule has 0 rings (SSSR count). The van der Waals surface area contributed by atoms with Crippen LogP contribution in [-0.2, 0) is 33.2 Å². The number of hydrogen-bond donors (Lipinski definition) is 0. The van der Waals surface area contributed by atoms with Gasteiger partial charge in [-0.25, -0.2) is 0 Å². The summed E-state index contributed by atoms with van der Waals surface area (Å²) in [7, 11) is 4.04. The fourth-order valence-electron chi connectivity index (χ4n) is 1.64. The Morgan fingerprint density at radius 1 is 0.538 bits per heavy atom. The van der Waals surface area contributed by atoms with E-state index in [1.54, 1.807) is 0 Å². The first-order valence-electron chi connectivity index (χ1n) is 9.11. The molecule has 0 fully saturated rings. The number of hydrogen-bond acceptors (Lipinski definition) is 8. The summed E-state index contributed by atoms with van der Waals surface area (Å²) in [5, 5.41) is 0. The van der Waals surface area contributed by atoms with Crippen molar-refractivity contribution in [3.05, 3.63) is 12.8 Å². The molecule has 8 nitrogen and oxygen atoms in total. The lowest BCUT2D eigenvalue weighted by atomic mass is 10.6. The normalized spacial score (nSPS) is 11.2. The van der Waals surface area contributed by atoms with Gasteiger partial charge in [-0.2, -0.15) is 0 Å². The first kappa shape index (κ1) is 25.3. The molecule has 0 aliphatic heterocycles. The Morgan fingerprint density at radius 3 is 1.15 bits per heavy atom. The summed E-state index contributed by atoms with van der Waals surface area (Å²) in [5.41, 5.74) is 0. The molecule has 0 aromatic rings. The molecule has 0 aliphatic rings. The molecule has 0 aliphatic carbocycles. The molecule has 0 amide bonds. The minimum Gasteiger partial charge on any atom is -0.499 e. The largest absolute Gasteiger partial charge is 0.499 e. The van der Waals surface area contributed by atoms with E-state index in [4.69, 9.17) is 33.2 Å². The maximum absolute atomic E-state index is 5.42. The maximum Gasteiger partial charge on any atom is 0.111 e. The highest BCUT2D eigenvalue weighted by Gasteiger charge is 1.94. The van der Waals surface area contributed by atoms with E-state index in [2.05, 4.69) is 11.5 Å². The van der Waals surface area contributed by atoms with Gasteiger partial charge >= 0.3 is 0 Å². The molecule has 0 radical (unpaired) electrons. The van der Waals surface area contributed by atoms with E-state index in [-0.39, 0.29) is 0 Å². The van der Waals surface area contributed by atoms with Gasteiger partial charge in [0.05, 0.1) is 85.5 Å². The molecule has 0 atom stereocenters. The monoisotopic (exact) mass is 379 g/mol. The zero-order chi connectivity index (χ0) is 19.1. The van der Waals surface area contributed by atoms with Gasteiger partial charge in [0.2, 0.25) is 0 Å². The highest BCUT2D eigenvalue weighted by Crippen LogP contribution is 1.85. The van der Waals surface area contributed by atoms with E-state index in [0.717, 1.165) is 13.2 Å². The van der Waals surface area contributed by atoms with Crippen LogP contribution >= 0.6 is 0 Å². The second-order valence-electron chi connectivity index (χ2n) is 5.51. The summed E-state index contributed by atoms with van der Waals surface area (Å²) >= 11 is 0. The van der Waals surface area contributed by atoms with Crippen molar-refractivity contribution in [3.8, 4) is 0 Å². The Kier molecular flexibility index (Phi) is 21.7. The van der Waals surface area contributed by atoms with E-state index in [1.807, 2.05) is 14.1 Å². The Morgan fingerprint density at radius 2 is 0.846 bits per heavy atom.